The topological polar surface area (TPSA) is 218 Å². The SMILES string of the molecule is CCC(=O)O[C@H]1[C@H](O[C@H]2C(CC=O)C[C@@H](C)[C@@H](OC(=O)CC)/C=C/C=C/C[C@@H](C)OC(=O)CC(OC(C)=O)[C@@H]2OC)O[C@H](C)[C@@H](O[C@H]2C[C@@](C)(O)[C@@H](OC(=O)CC(C)C)[C@H](C)O2)[C@@H]1N(C)C. The van der Waals surface area contributed by atoms with E-state index in [-0.39, 0.29) is 44.4 Å². The highest BCUT2D eigenvalue weighted by Gasteiger charge is 2.54. The molecule has 0 aromatic heterocycles. The van der Waals surface area contributed by atoms with Crippen molar-refractivity contribution in [2.75, 3.05) is 21.2 Å². The molecule has 0 spiro atoms. The number of hydrogen-bond acceptors (Lipinski definition) is 18. The van der Waals surface area contributed by atoms with E-state index in [2.05, 4.69) is 0 Å². The number of methoxy groups -OCH3 is 1. The standard InChI is InChI=1S/C48H77NO17/c1-14-36(52)62-34-20-18-16-17-19-29(6)58-39(55)25-35(61-32(9)51)44(57-13)43(33(21-22-50)24-28(34)5)66-47-45(63-37(53)15-2)41(49(11)12)42(30(7)60-47)65-40-26-48(10,56)46(31(8)59-40)64-38(54)23-27(3)4/h16-18,20,22,27-31,33-35,40-47,56H,14-15,19,21,23-26H2,1-13H3/b17-16+,20-18+/t28-,29-,30-,31+,33?,34+,35?,40+,41+,42-,43+,44+,45-,46+,47+,48-/m1/s1. The summed E-state index contributed by atoms with van der Waals surface area (Å²) < 4.78 is 61.8. The number of hydrogen-bond donors (Lipinski definition) is 1. The van der Waals surface area contributed by atoms with E-state index in [0.29, 0.717) is 12.7 Å². The summed E-state index contributed by atoms with van der Waals surface area (Å²) >= 11 is 0. The van der Waals surface area contributed by atoms with Crippen LogP contribution in [0.1, 0.15) is 121 Å². The lowest BCUT2D eigenvalue weighted by Crippen LogP contribution is -2.66. The highest BCUT2D eigenvalue weighted by molar-refractivity contribution is 5.72. The minimum Gasteiger partial charge on any atom is -0.462 e. The number of aliphatic hydroxyl groups is 1. The number of carbonyl (C=O) groups excluding carboxylic acids is 6. The summed E-state index contributed by atoms with van der Waals surface area (Å²) in [4.78, 5) is 79.4. The average molecular weight is 940 g/mol. The van der Waals surface area contributed by atoms with Crippen LogP contribution in [-0.2, 0) is 76.1 Å². The van der Waals surface area contributed by atoms with Gasteiger partial charge in [-0.1, -0.05) is 52.8 Å². The zero-order valence-electron chi connectivity index (χ0n) is 41.2. The Morgan fingerprint density at radius 1 is 0.894 bits per heavy atom. The number of esters is 5. The van der Waals surface area contributed by atoms with E-state index in [1.54, 1.807) is 78.8 Å². The lowest BCUT2D eigenvalue weighted by atomic mass is 9.82. The molecule has 3 heterocycles. The van der Waals surface area contributed by atoms with Gasteiger partial charge in [0, 0.05) is 52.6 Å². The third-order valence-electron chi connectivity index (χ3n) is 12.0. The molecule has 0 aromatic carbocycles. The van der Waals surface area contributed by atoms with Crippen LogP contribution in [-0.4, -0.2) is 153 Å². The van der Waals surface area contributed by atoms with Gasteiger partial charge in [0.1, 0.15) is 42.4 Å². The molecule has 3 aliphatic rings. The van der Waals surface area contributed by atoms with Crippen molar-refractivity contribution < 1.29 is 81.2 Å². The predicted octanol–water partition coefficient (Wildman–Crippen LogP) is 4.94. The Morgan fingerprint density at radius 3 is 2.14 bits per heavy atom. The molecule has 66 heavy (non-hydrogen) atoms. The van der Waals surface area contributed by atoms with Crippen molar-refractivity contribution in [3.8, 4) is 0 Å². The van der Waals surface area contributed by atoms with Crippen LogP contribution in [0.25, 0.3) is 0 Å². The van der Waals surface area contributed by atoms with Crippen LogP contribution in [0.4, 0.5) is 0 Å². The first-order chi connectivity index (χ1) is 31.0. The fourth-order valence-corrected chi connectivity index (χ4v) is 8.79. The number of aldehydes is 1. The maximum absolute atomic E-state index is 13.5. The number of rotatable bonds is 16. The zero-order valence-corrected chi connectivity index (χ0v) is 41.2. The number of cyclic esters (lactones) is 1. The molecule has 0 aliphatic carbocycles. The minimum atomic E-state index is -1.55. The van der Waals surface area contributed by atoms with Gasteiger partial charge in [0.05, 0.1) is 30.8 Å². The number of nitrogens with zero attached hydrogens (tertiary/aromatic N) is 1. The Kier molecular flexibility index (Phi) is 22.9. The maximum Gasteiger partial charge on any atom is 0.309 e. The highest BCUT2D eigenvalue weighted by Crippen LogP contribution is 2.39. The number of carbonyl (C=O) groups is 6. The van der Waals surface area contributed by atoms with Crippen molar-refractivity contribution in [2.45, 2.75) is 206 Å². The first-order valence-electron chi connectivity index (χ1n) is 23.3. The fourth-order valence-electron chi connectivity index (χ4n) is 8.79. The Balaban J connectivity index is 2.16. The van der Waals surface area contributed by atoms with Gasteiger partial charge in [0.15, 0.2) is 24.8 Å². The molecule has 18 heteroatoms. The molecule has 0 bridgehead atoms. The largest absolute Gasteiger partial charge is 0.462 e. The molecule has 0 amide bonds. The molecule has 0 radical (unpaired) electrons. The monoisotopic (exact) mass is 940 g/mol. The van der Waals surface area contributed by atoms with Gasteiger partial charge in [-0.3, -0.25) is 24.0 Å². The summed E-state index contributed by atoms with van der Waals surface area (Å²) in [6.07, 6.45) is -4.23. The molecule has 3 aliphatic heterocycles. The zero-order chi connectivity index (χ0) is 49.5. The van der Waals surface area contributed by atoms with Gasteiger partial charge in [-0.05, 0) is 72.0 Å². The van der Waals surface area contributed by atoms with Crippen LogP contribution in [0.15, 0.2) is 24.3 Å². The molecule has 2 unspecified atom stereocenters. The summed E-state index contributed by atoms with van der Waals surface area (Å²) in [6.45, 7) is 16.8. The number of allylic oxidation sites excluding steroid dienone is 2. The summed E-state index contributed by atoms with van der Waals surface area (Å²) in [5.41, 5.74) is -1.55. The molecule has 1 N–H and O–H groups in total. The van der Waals surface area contributed by atoms with Gasteiger partial charge in [0.2, 0.25) is 0 Å². The van der Waals surface area contributed by atoms with E-state index in [1.165, 1.54) is 14.0 Å². The lowest BCUT2D eigenvalue weighted by Gasteiger charge is -2.51. The molecule has 0 saturated carbocycles. The molecule has 2 saturated heterocycles. The predicted molar refractivity (Wildman–Crippen MR) is 238 cm³/mol. The van der Waals surface area contributed by atoms with Crippen molar-refractivity contribution in [1.29, 1.82) is 0 Å². The summed E-state index contributed by atoms with van der Waals surface area (Å²) in [5.74, 6) is -4.04. The molecule has 3 rings (SSSR count). The normalized spacial score (nSPS) is 37.0. The first kappa shape index (κ1) is 56.5. The van der Waals surface area contributed by atoms with Gasteiger partial charge >= 0.3 is 29.8 Å². The van der Waals surface area contributed by atoms with Gasteiger partial charge in [-0.15, -0.1) is 0 Å². The van der Waals surface area contributed by atoms with E-state index < -0.39 is 133 Å². The van der Waals surface area contributed by atoms with E-state index in [9.17, 15) is 33.9 Å². The van der Waals surface area contributed by atoms with Crippen LogP contribution < -0.4 is 0 Å². The van der Waals surface area contributed by atoms with Crippen molar-refractivity contribution in [3.05, 3.63) is 24.3 Å². The molecule has 2 fully saturated rings. The summed E-state index contributed by atoms with van der Waals surface area (Å²) in [7, 11) is 4.88. The molecular formula is C48H77NO17. The molecule has 0 aromatic rings. The summed E-state index contributed by atoms with van der Waals surface area (Å²) in [5, 5.41) is 11.6. The van der Waals surface area contributed by atoms with E-state index in [0.717, 1.165) is 0 Å². The van der Waals surface area contributed by atoms with Gasteiger partial charge in [-0.2, -0.15) is 0 Å². The van der Waals surface area contributed by atoms with Gasteiger partial charge < -0.3 is 62.2 Å². The second-order valence-electron chi connectivity index (χ2n) is 18.6. The smallest absolute Gasteiger partial charge is 0.309 e. The van der Waals surface area contributed by atoms with Crippen LogP contribution in [0, 0.1) is 17.8 Å². The Hall–Kier alpha value is -3.78. The number of likely N-dealkylation sites (N-methyl/N-ethyl adjacent to an activating group) is 1. The number of ether oxygens (including phenoxy) is 10. The third-order valence-corrected chi connectivity index (χ3v) is 12.0. The van der Waals surface area contributed by atoms with Crippen molar-refractivity contribution in [3.63, 3.8) is 0 Å². The molecule has 16 atom stereocenters. The average Bonchev–Trinajstić information content (AvgIpc) is 3.21. The lowest BCUT2D eigenvalue weighted by molar-refractivity contribution is -0.345. The highest BCUT2D eigenvalue weighted by atomic mass is 16.7. The maximum atomic E-state index is 13.5. The van der Waals surface area contributed by atoms with Crippen LogP contribution in [0.5, 0.6) is 0 Å². The molecule has 18 nitrogen and oxygen atoms in total. The second kappa shape index (κ2) is 26.7. The van der Waals surface area contributed by atoms with Crippen LogP contribution in [0.3, 0.4) is 0 Å². The van der Waals surface area contributed by atoms with E-state index >= 15 is 0 Å². The van der Waals surface area contributed by atoms with Crippen LogP contribution in [0.2, 0.25) is 0 Å². The van der Waals surface area contributed by atoms with E-state index in [4.69, 9.17) is 47.4 Å². The Bertz CT molecular complexity index is 1650. The minimum absolute atomic E-state index is 0.0154. The molecular weight excluding hydrogens is 863 g/mol. The third kappa shape index (κ3) is 16.8. The first-order valence-corrected chi connectivity index (χ1v) is 23.3. The van der Waals surface area contributed by atoms with Crippen molar-refractivity contribution in [2.24, 2.45) is 17.8 Å². The fraction of sp³-hybridized carbons (Fsp3) is 0.792. The Morgan fingerprint density at radius 2 is 1.56 bits per heavy atom. The Labute approximate surface area is 390 Å². The van der Waals surface area contributed by atoms with E-state index in [1.807, 2.05) is 26.8 Å². The van der Waals surface area contributed by atoms with Crippen molar-refractivity contribution >= 4 is 36.1 Å². The second-order valence-corrected chi connectivity index (χ2v) is 18.6. The van der Waals surface area contributed by atoms with Gasteiger partial charge in [-0.25, -0.2) is 0 Å². The quantitative estimate of drug-likeness (QED) is 0.123. The van der Waals surface area contributed by atoms with Gasteiger partial charge in [0.25, 0.3) is 0 Å². The summed E-state index contributed by atoms with van der Waals surface area (Å²) in [6, 6.07) is -0.799. The van der Waals surface area contributed by atoms with Crippen LogP contribution >= 0.6 is 0 Å². The molecule has 376 valence electrons. The van der Waals surface area contributed by atoms with Crippen molar-refractivity contribution in [1.82, 2.24) is 4.90 Å².